The molecule has 17 heavy (non-hydrogen) atoms. The van der Waals surface area contributed by atoms with Crippen molar-refractivity contribution in [1.29, 1.82) is 0 Å². The molecule has 94 valence electrons. The molecule has 0 saturated carbocycles. The van der Waals surface area contributed by atoms with Crippen molar-refractivity contribution < 1.29 is 19.4 Å². The summed E-state index contributed by atoms with van der Waals surface area (Å²) in [4.78, 5) is 11.1. The normalized spacial score (nSPS) is 12.3. The van der Waals surface area contributed by atoms with Gasteiger partial charge in [-0.1, -0.05) is 19.9 Å². The van der Waals surface area contributed by atoms with Gasteiger partial charge in [0, 0.05) is 0 Å². The van der Waals surface area contributed by atoms with E-state index in [0.29, 0.717) is 17.4 Å². The fourth-order valence-electron chi connectivity index (χ4n) is 1.29. The van der Waals surface area contributed by atoms with Crippen molar-refractivity contribution in [3.05, 3.63) is 23.8 Å². The Morgan fingerprint density at radius 3 is 2.41 bits per heavy atom. The first-order chi connectivity index (χ1) is 7.97. The largest absolute Gasteiger partial charge is 0.493 e. The van der Waals surface area contributed by atoms with E-state index in [2.05, 4.69) is 0 Å². The lowest BCUT2D eigenvalue weighted by Gasteiger charge is -2.21. The van der Waals surface area contributed by atoms with Crippen molar-refractivity contribution in [1.82, 2.24) is 0 Å². The van der Waals surface area contributed by atoms with Gasteiger partial charge in [-0.05, 0) is 25.0 Å². The molecule has 4 heteroatoms. The molecule has 4 nitrogen and oxygen atoms in total. The Morgan fingerprint density at radius 2 is 1.94 bits per heavy atom. The predicted octanol–water partition coefficient (Wildman–Crippen LogP) is 2.82. The van der Waals surface area contributed by atoms with Gasteiger partial charge >= 0.3 is 5.97 Å². The monoisotopic (exact) mass is 238 g/mol. The molecule has 0 radical (unpaired) electrons. The molecule has 0 fully saturated rings. The van der Waals surface area contributed by atoms with E-state index in [1.54, 1.807) is 12.1 Å². The minimum Gasteiger partial charge on any atom is -0.493 e. The standard InChI is InChI=1S/C13H18O4/c1-8(2)9(3)17-12-10(13(14)15)6-5-7-11(12)16-4/h5-9H,1-4H3,(H,14,15). The maximum Gasteiger partial charge on any atom is 0.339 e. The van der Waals surface area contributed by atoms with Gasteiger partial charge in [-0.25, -0.2) is 4.79 Å². The van der Waals surface area contributed by atoms with Crippen LogP contribution in [0, 0.1) is 5.92 Å². The first-order valence-electron chi connectivity index (χ1n) is 5.54. The van der Waals surface area contributed by atoms with Crippen LogP contribution in [0.3, 0.4) is 0 Å². The van der Waals surface area contributed by atoms with E-state index in [-0.39, 0.29) is 11.7 Å². The second-order valence-corrected chi connectivity index (χ2v) is 4.21. The first kappa shape index (κ1) is 13.4. The maximum atomic E-state index is 11.1. The molecule has 1 aromatic rings. The van der Waals surface area contributed by atoms with Crippen LogP contribution >= 0.6 is 0 Å². The third kappa shape index (κ3) is 3.12. The van der Waals surface area contributed by atoms with E-state index in [9.17, 15) is 4.79 Å². The quantitative estimate of drug-likeness (QED) is 0.857. The van der Waals surface area contributed by atoms with Crippen molar-refractivity contribution in [3.63, 3.8) is 0 Å². The molecule has 1 N–H and O–H groups in total. The van der Waals surface area contributed by atoms with Gasteiger partial charge in [-0.2, -0.15) is 0 Å². The van der Waals surface area contributed by atoms with Gasteiger partial charge in [-0.15, -0.1) is 0 Å². The van der Waals surface area contributed by atoms with Crippen LogP contribution in [-0.2, 0) is 0 Å². The number of ether oxygens (including phenoxy) is 2. The lowest BCUT2D eigenvalue weighted by molar-refractivity contribution is 0.0685. The number of methoxy groups -OCH3 is 1. The van der Waals surface area contributed by atoms with Gasteiger partial charge in [-0.3, -0.25) is 0 Å². The van der Waals surface area contributed by atoms with Crippen LogP contribution in [0.5, 0.6) is 11.5 Å². The van der Waals surface area contributed by atoms with E-state index in [1.165, 1.54) is 13.2 Å². The highest BCUT2D eigenvalue weighted by Gasteiger charge is 2.19. The summed E-state index contributed by atoms with van der Waals surface area (Å²) in [7, 11) is 1.49. The molecule has 0 aliphatic heterocycles. The average molecular weight is 238 g/mol. The van der Waals surface area contributed by atoms with Crippen LogP contribution in [0.1, 0.15) is 31.1 Å². The van der Waals surface area contributed by atoms with Crippen LogP contribution in [-0.4, -0.2) is 24.3 Å². The smallest absolute Gasteiger partial charge is 0.339 e. The summed E-state index contributed by atoms with van der Waals surface area (Å²) in [6.45, 7) is 5.93. The Morgan fingerprint density at radius 1 is 1.29 bits per heavy atom. The predicted molar refractivity (Wildman–Crippen MR) is 64.9 cm³/mol. The fourth-order valence-corrected chi connectivity index (χ4v) is 1.29. The number of hydrogen-bond acceptors (Lipinski definition) is 3. The number of hydrogen-bond donors (Lipinski definition) is 1. The summed E-state index contributed by atoms with van der Waals surface area (Å²) in [6.07, 6.45) is -0.0793. The summed E-state index contributed by atoms with van der Waals surface area (Å²) < 4.78 is 10.8. The molecule has 0 saturated heterocycles. The van der Waals surface area contributed by atoms with Gasteiger partial charge in [0.05, 0.1) is 13.2 Å². The van der Waals surface area contributed by atoms with Gasteiger partial charge < -0.3 is 14.6 Å². The highest BCUT2D eigenvalue weighted by Crippen LogP contribution is 2.32. The summed E-state index contributed by atoms with van der Waals surface area (Å²) in [5.41, 5.74) is 0.122. The second-order valence-electron chi connectivity index (χ2n) is 4.21. The molecule has 1 atom stereocenters. The summed E-state index contributed by atoms with van der Waals surface area (Å²) >= 11 is 0. The van der Waals surface area contributed by atoms with E-state index in [0.717, 1.165) is 0 Å². The second kappa shape index (κ2) is 5.57. The zero-order valence-corrected chi connectivity index (χ0v) is 10.6. The number of aromatic carboxylic acids is 1. The molecule has 0 heterocycles. The molecule has 0 aromatic heterocycles. The number of carboxylic acid groups (broad SMARTS) is 1. The van der Waals surface area contributed by atoms with Crippen molar-refractivity contribution in [3.8, 4) is 11.5 Å². The molecule has 1 unspecified atom stereocenters. The molecule has 0 spiro atoms. The molecule has 0 amide bonds. The maximum absolute atomic E-state index is 11.1. The van der Waals surface area contributed by atoms with Gasteiger partial charge in [0.2, 0.25) is 0 Å². The van der Waals surface area contributed by atoms with Crippen LogP contribution in [0.15, 0.2) is 18.2 Å². The lowest BCUT2D eigenvalue weighted by Crippen LogP contribution is -2.20. The lowest BCUT2D eigenvalue weighted by atomic mass is 10.1. The third-order valence-corrected chi connectivity index (χ3v) is 2.67. The van der Waals surface area contributed by atoms with E-state index in [1.807, 2.05) is 20.8 Å². The fraction of sp³-hybridized carbons (Fsp3) is 0.462. The summed E-state index contributed by atoms with van der Waals surface area (Å²) in [6, 6.07) is 4.83. The molecule has 0 bridgehead atoms. The third-order valence-electron chi connectivity index (χ3n) is 2.67. The Bertz CT molecular complexity index is 398. The van der Waals surface area contributed by atoms with Crippen molar-refractivity contribution in [2.75, 3.05) is 7.11 Å². The van der Waals surface area contributed by atoms with Crippen molar-refractivity contribution in [2.24, 2.45) is 5.92 Å². The molecule has 0 aliphatic carbocycles. The summed E-state index contributed by atoms with van der Waals surface area (Å²) in [5.74, 6) is 0.0116. The highest BCUT2D eigenvalue weighted by atomic mass is 16.5. The van der Waals surface area contributed by atoms with Crippen LogP contribution < -0.4 is 9.47 Å². The highest BCUT2D eigenvalue weighted by molar-refractivity contribution is 5.92. The molecule has 1 aromatic carbocycles. The topological polar surface area (TPSA) is 55.8 Å². The molecule has 1 rings (SSSR count). The zero-order valence-electron chi connectivity index (χ0n) is 10.6. The SMILES string of the molecule is COc1cccc(C(=O)O)c1OC(C)C(C)C. The van der Waals surface area contributed by atoms with Crippen molar-refractivity contribution in [2.45, 2.75) is 26.9 Å². The Kier molecular flexibility index (Phi) is 4.37. The first-order valence-corrected chi connectivity index (χ1v) is 5.54. The minimum atomic E-state index is -1.02. The number of carbonyl (C=O) groups is 1. The summed E-state index contributed by atoms with van der Waals surface area (Å²) in [5, 5.41) is 9.10. The van der Waals surface area contributed by atoms with Gasteiger partial charge in [0.25, 0.3) is 0 Å². The minimum absolute atomic E-state index is 0.0793. The average Bonchev–Trinajstić information content (AvgIpc) is 2.28. The number of benzene rings is 1. The molecular weight excluding hydrogens is 220 g/mol. The van der Waals surface area contributed by atoms with E-state index < -0.39 is 5.97 Å². The van der Waals surface area contributed by atoms with E-state index in [4.69, 9.17) is 14.6 Å². The molecule has 0 aliphatic rings. The number of para-hydroxylation sites is 1. The van der Waals surface area contributed by atoms with Gasteiger partial charge in [0.1, 0.15) is 5.56 Å². The number of carboxylic acids is 1. The zero-order chi connectivity index (χ0) is 13.0. The van der Waals surface area contributed by atoms with Crippen molar-refractivity contribution >= 4 is 5.97 Å². The Hall–Kier alpha value is -1.71. The molecular formula is C13H18O4. The Balaban J connectivity index is 3.13. The van der Waals surface area contributed by atoms with Gasteiger partial charge in [0.15, 0.2) is 11.5 Å². The van der Waals surface area contributed by atoms with Crippen LogP contribution in [0.4, 0.5) is 0 Å². The van der Waals surface area contributed by atoms with Crippen LogP contribution in [0.2, 0.25) is 0 Å². The van der Waals surface area contributed by atoms with Crippen LogP contribution in [0.25, 0.3) is 0 Å². The number of rotatable bonds is 5. The Labute approximate surface area is 101 Å². The van der Waals surface area contributed by atoms with E-state index >= 15 is 0 Å².